The Morgan fingerprint density at radius 3 is 1.81 bits per heavy atom. The van der Waals surface area contributed by atoms with Crippen LogP contribution >= 0.6 is 11.8 Å². The molecule has 4 heterocycles. The molecule has 0 amide bonds. The molecule has 0 aliphatic carbocycles. The van der Waals surface area contributed by atoms with Gasteiger partial charge in [-0.15, -0.1) is 11.8 Å². The van der Waals surface area contributed by atoms with Crippen molar-refractivity contribution in [2.24, 2.45) is 0 Å². The topological polar surface area (TPSA) is 69.2 Å². The van der Waals surface area contributed by atoms with E-state index in [0.717, 1.165) is 99.8 Å². The third kappa shape index (κ3) is 12.8. The summed E-state index contributed by atoms with van der Waals surface area (Å²) < 4.78 is 50.3. The maximum atomic E-state index is 15.5. The van der Waals surface area contributed by atoms with E-state index in [2.05, 4.69) is 44.5 Å². The summed E-state index contributed by atoms with van der Waals surface area (Å²) in [4.78, 5) is 16.0. The number of nitrogens with zero attached hydrogens (tertiary/aromatic N) is 5. The molecule has 3 aliphatic rings. The van der Waals surface area contributed by atoms with Gasteiger partial charge in [-0.05, 0) is 94.4 Å². The van der Waals surface area contributed by atoms with Crippen LogP contribution in [0.2, 0.25) is 0 Å². The molecule has 0 spiro atoms. The summed E-state index contributed by atoms with van der Waals surface area (Å²) in [6.45, 7) is 14.5. The first-order valence-corrected chi connectivity index (χ1v) is 26.1. The first-order valence-electron chi connectivity index (χ1n) is 23.4. The molecule has 2 aromatic carbocycles. The summed E-state index contributed by atoms with van der Waals surface area (Å²) in [6, 6.07) is 11.4. The number of aromatic nitrogens is 1. The van der Waals surface area contributed by atoms with Crippen molar-refractivity contribution in [1.29, 1.82) is 0 Å². The Bertz CT molecular complexity index is 1820. The van der Waals surface area contributed by atoms with E-state index in [0.29, 0.717) is 24.4 Å². The Balaban J connectivity index is 1.02. The number of piperidine rings is 2. The van der Waals surface area contributed by atoms with Crippen LogP contribution in [0.3, 0.4) is 0 Å². The molecule has 0 atom stereocenters. The molecule has 3 aromatic rings. The Morgan fingerprint density at radius 2 is 1.27 bits per heavy atom. The molecule has 59 heavy (non-hydrogen) atoms. The monoisotopic (exact) mass is 852 g/mol. The zero-order chi connectivity index (χ0) is 41.5. The van der Waals surface area contributed by atoms with Crippen LogP contribution in [0.25, 0.3) is 10.9 Å². The molecule has 0 saturated carbocycles. The van der Waals surface area contributed by atoms with E-state index >= 15 is 4.39 Å². The second kappa shape index (κ2) is 23.7. The maximum absolute atomic E-state index is 15.5. The number of rotatable bonds is 23. The number of likely N-dealkylation sites (tertiary alicyclic amines) is 1. The fraction of sp³-hybridized carbons (Fsp3) is 0.688. The zero-order valence-electron chi connectivity index (χ0n) is 36.7. The van der Waals surface area contributed by atoms with E-state index in [1.54, 1.807) is 11.8 Å². The summed E-state index contributed by atoms with van der Waals surface area (Å²) in [7, 11) is -4.10. The second-order valence-corrected chi connectivity index (χ2v) is 20.1. The number of sulfone groups is 1. The summed E-state index contributed by atoms with van der Waals surface area (Å²) in [5.74, 6) is -0.548. The van der Waals surface area contributed by atoms with Crippen LogP contribution < -0.4 is 9.64 Å². The lowest BCUT2D eigenvalue weighted by molar-refractivity contribution is 0.0384. The van der Waals surface area contributed by atoms with Crippen molar-refractivity contribution in [3.63, 3.8) is 0 Å². The third-order valence-corrected chi connectivity index (χ3v) is 15.9. The number of fused-ring (bicyclic) bond motifs is 1. The molecule has 3 fully saturated rings. The molecular weight excluding hydrogens is 778 g/mol. The molecule has 8 nitrogen and oxygen atoms in total. The number of anilines is 1. The number of thioether (sulfide) groups is 1. The summed E-state index contributed by atoms with van der Waals surface area (Å²) in [5, 5.41) is 0.827. The number of hydrogen-bond donors (Lipinski definition) is 0. The molecular formula is C48H74FN5O3S2. The molecule has 6 rings (SSSR count). The van der Waals surface area contributed by atoms with E-state index in [4.69, 9.17) is 4.74 Å². The van der Waals surface area contributed by atoms with Crippen molar-refractivity contribution < 1.29 is 17.5 Å². The van der Waals surface area contributed by atoms with Gasteiger partial charge < -0.3 is 14.5 Å². The normalized spacial score (nSPS) is 18.3. The fourth-order valence-corrected chi connectivity index (χ4v) is 11.6. The molecule has 0 N–H and O–H groups in total. The number of unbranched alkanes of at least 4 members (excludes halogenated alkanes) is 13. The van der Waals surface area contributed by atoms with Gasteiger partial charge in [0.1, 0.15) is 4.90 Å². The first kappa shape index (κ1) is 46.1. The van der Waals surface area contributed by atoms with Crippen LogP contribution in [0.4, 0.5) is 10.1 Å². The van der Waals surface area contributed by atoms with E-state index in [1.165, 1.54) is 115 Å². The van der Waals surface area contributed by atoms with Crippen LogP contribution in [0, 0.1) is 5.82 Å². The van der Waals surface area contributed by atoms with E-state index in [-0.39, 0.29) is 15.5 Å². The minimum atomic E-state index is -4.10. The molecule has 3 aliphatic heterocycles. The second-order valence-electron chi connectivity index (χ2n) is 17.4. The number of benzene rings is 2. The predicted molar refractivity (Wildman–Crippen MR) is 245 cm³/mol. The lowest BCUT2D eigenvalue weighted by Gasteiger charge is -2.46. The molecule has 0 unspecified atom stereocenters. The Kier molecular flexibility index (Phi) is 18.5. The highest BCUT2D eigenvalue weighted by Gasteiger charge is 2.34. The number of hydrogen-bond acceptors (Lipinski definition) is 9. The molecule has 3 saturated heterocycles. The SMILES string of the molecule is CCCCCCCCCCCCCCCCOc1ccc(S(=O)(=O)c2cnc3ccc(SC)cc3c2N2CCC(N3CCN(C4CCN(CC)CC4)CC3)CC2)cc1F. The van der Waals surface area contributed by atoms with Crippen LogP contribution in [0.5, 0.6) is 5.75 Å². The molecule has 328 valence electrons. The van der Waals surface area contributed by atoms with Gasteiger partial charge in [-0.2, -0.15) is 0 Å². The van der Waals surface area contributed by atoms with Crippen LogP contribution in [-0.4, -0.2) is 112 Å². The summed E-state index contributed by atoms with van der Waals surface area (Å²) >= 11 is 1.63. The Hall–Kier alpha value is -2.44. The maximum Gasteiger partial charge on any atom is 0.210 e. The molecule has 11 heteroatoms. The van der Waals surface area contributed by atoms with E-state index in [9.17, 15) is 8.42 Å². The summed E-state index contributed by atoms with van der Waals surface area (Å²) in [5.41, 5.74) is 1.45. The van der Waals surface area contributed by atoms with Gasteiger partial charge in [0.05, 0.1) is 22.7 Å². The van der Waals surface area contributed by atoms with Crippen molar-refractivity contribution >= 4 is 38.2 Å². The van der Waals surface area contributed by atoms with Gasteiger partial charge >= 0.3 is 0 Å². The van der Waals surface area contributed by atoms with Crippen molar-refractivity contribution in [2.45, 2.75) is 156 Å². The molecule has 0 bridgehead atoms. The minimum absolute atomic E-state index is 0.0737. The lowest BCUT2D eigenvalue weighted by Crippen LogP contribution is -2.56. The van der Waals surface area contributed by atoms with Crippen LogP contribution in [-0.2, 0) is 9.84 Å². The highest BCUT2D eigenvalue weighted by molar-refractivity contribution is 7.98. The molecule has 1 aromatic heterocycles. The predicted octanol–water partition coefficient (Wildman–Crippen LogP) is 10.9. The van der Waals surface area contributed by atoms with Crippen molar-refractivity contribution in [3.05, 3.63) is 48.4 Å². The van der Waals surface area contributed by atoms with Gasteiger partial charge in [0, 0.05) is 67.8 Å². The molecule has 0 radical (unpaired) electrons. The number of pyridine rings is 1. The smallest absolute Gasteiger partial charge is 0.210 e. The number of piperazine rings is 1. The van der Waals surface area contributed by atoms with Crippen molar-refractivity contribution in [1.82, 2.24) is 19.7 Å². The standard InChI is InChI=1S/C48H74FN5O3S2/c1-4-6-7-8-9-10-11-12-13-14-15-16-17-18-35-57-46-22-20-42(37-44(46)49)59(55,56)47-38-50-45-21-19-41(58-3)36-43(45)48(47)54-29-25-40(26-30-54)53-33-31-52(32-34-53)39-23-27-51(5-2)28-24-39/h19-22,36-40H,4-18,23-35H2,1-3H3. The lowest BCUT2D eigenvalue weighted by atomic mass is 9.99. The fourth-order valence-electron chi connectivity index (χ4n) is 9.68. The van der Waals surface area contributed by atoms with Crippen molar-refractivity contribution in [3.8, 4) is 5.75 Å². The highest BCUT2D eigenvalue weighted by atomic mass is 32.2. The first-order chi connectivity index (χ1) is 28.8. The third-order valence-electron chi connectivity index (χ3n) is 13.4. The van der Waals surface area contributed by atoms with Gasteiger partial charge in [0.25, 0.3) is 0 Å². The van der Waals surface area contributed by atoms with E-state index < -0.39 is 15.7 Å². The highest BCUT2D eigenvalue weighted by Crippen LogP contribution is 2.39. The van der Waals surface area contributed by atoms with Gasteiger partial charge in [-0.1, -0.05) is 97.3 Å². The van der Waals surface area contributed by atoms with Gasteiger partial charge in [-0.3, -0.25) is 14.8 Å². The van der Waals surface area contributed by atoms with Crippen molar-refractivity contribution in [2.75, 3.05) is 76.7 Å². The number of halogens is 1. The summed E-state index contributed by atoms with van der Waals surface area (Å²) in [6.07, 6.45) is 25.8. The average molecular weight is 852 g/mol. The van der Waals surface area contributed by atoms with Gasteiger partial charge in [0.15, 0.2) is 11.6 Å². The largest absolute Gasteiger partial charge is 0.491 e. The quantitative estimate of drug-likeness (QED) is 0.0685. The van der Waals surface area contributed by atoms with Crippen LogP contribution in [0.15, 0.2) is 57.3 Å². The van der Waals surface area contributed by atoms with Gasteiger partial charge in [0.2, 0.25) is 9.84 Å². The minimum Gasteiger partial charge on any atom is -0.491 e. The van der Waals surface area contributed by atoms with E-state index in [1.807, 2.05) is 18.4 Å². The number of ether oxygens (including phenoxy) is 1. The van der Waals surface area contributed by atoms with Gasteiger partial charge in [-0.25, -0.2) is 12.8 Å². The van der Waals surface area contributed by atoms with Crippen LogP contribution in [0.1, 0.15) is 129 Å². The zero-order valence-corrected chi connectivity index (χ0v) is 38.3. The Morgan fingerprint density at radius 1 is 0.712 bits per heavy atom. The average Bonchev–Trinajstić information content (AvgIpc) is 3.27. The Labute approximate surface area is 360 Å².